The second-order valence-corrected chi connectivity index (χ2v) is 20.6. The van der Waals surface area contributed by atoms with Crippen molar-refractivity contribution in [2.24, 2.45) is 45.3 Å². The molecular weight excluding hydrogens is 805 g/mol. The summed E-state index contributed by atoms with van der Waals surface area (Å²) in [5, 5.41) is 68.2. The number of esters is 1. The highest BCUT2D eigenvalue weighted by Gasteiger charge is 2.53. The van der Waals surface area contributed by atoms with Gasteiger partial charge in [0.05, 0.1) is 60.0 Å². The zero-order valence-corrected chi connectivity index (χ0v) is 39.6. The lowest BCUT2D eigenvalue weighted by Gasteiger charge is -2.48. The highest BCUT2D eigenvalue weighted by atomic mass is 16.8. The Hall–Kier alpha value is -2.15. The number of aliphatic hydroxyl groups is 5. The van der Waals surface area contributed by atoms with Gasteiger partial charge in [-0.15, -0.1) is 0 Å². The lowest BCUT2D eigenvalue weighted by Crippen LogP contribution is -2.59. The number of aliphatic hydroxyl groups excluding tert-OH is 3. The first-order chi connectivity index (χ1) is 28.8. The molecule has 4 fully saturated rings. The molecular formula is C45H80N4O13. The molecule has 0 radical (unpaired) electrons. The average molecular weight is 885 g/mol. The number of carbonyl (C=O) groups is 1. The summed E-state index contributed by atoms with van der Waals surface area (Å²) in [6.45, 7) is 22.9. The molecule has 3 saturated heterocycles. The first kappa shape index (κ1) is 52.5. The van der Waals surface area contributed by atoms with Crippen molar-refractivity contribution < 1.29 is 63.6 Å². The van der Waals surface area contributed by atoms with Crippen LogP contribution in [0.1, 0.15) is 148 Å². The average Bonchev–Trinajstić information content (AvgIpc) is 3.17. The van der Waals surface area contributed by atoms with Crippen molar-refractivity contribution in [2.45, 2.75) is 232 Å². The molecule has 17 atom stereocenters. The topological polar surface area (TPSA) is 244 Å². The van der Waals surface area contributed by atoms with Crippen molar-refractivity contribution in [1.82, 2.24) is 0 Å². The van der Waals surface area contributed by atoms with E-state index < -0.39 is 107 Å². The van der Waals surface area contributed by atoms with E-state index in [2.05, 4.69) is 10.0 Å². The van der Waals surface area contributed by atoms with Crippen LogP contribution in [0.25, 0.3) is 10.4 Å². The van der Waals surface area contributed by atoms with Crippen LogP contribution in [-0.2, 0) is 38.1 Å². The number of azide groups is 1. The smallest absolute Gasteiger partial charge is 0.311 e. The molecule has 17 heteroatoms. The molecule has 1 saturated carbocycles. The number of hydrogen-bond donors (Lipinski definition) is 5. The highest BCUT2D eigenvalue weighted by molar-refractivity contribution is 5.88. The normalized spacial score (nSPS) is 44.2. The third-order valence-corrected chi connectivity index (χ3v) is 13.9. The van der Waals surface area contributed by atoms with Crippen molar-refractivity contribution in [3.8, 4) is 0 Å². The number of oxime groups is 1. The van der Waals surface area contributed by atoms with Gasteiger partial charge in [0.15, 0.2) is 12.6 Å². The van der Waals surface area contributed by atoms with Gasteiger partial charge < -0.3 is 58.8 Å². The van der Waals surface area contributed by atoms with Gasteiger partial charge in [-0.25, -0.2) is 0 Å². The Morgan fingerprint density at radius 3 is 2.13 bits per heavy atom. The molecule has 3 aliphatic heterocycles. The summed E-state index contributed by atoms with van der Waals surface area (Å²) in [5.41, 5.74) is 4.94. The number of rotatable bonds is 11. The fourth-order valence-corrected chi connectivity index (χ4v) is 10.3. The van der Waals surface area contributed by atoms with Crippen LogP contribution in [-0.4, -0.2) is 128 Å². The van der Waals surface area contributed by atoms with Crippen LogP contribution in [0.2, 0.25) is 0 Å². The van der Waals surface area contributed by atoms with Crippen LogP contribution >= 0.6 is 0 Å². The molecule has 3 heterocycles. The molecule has 4 rings (SSSR count). The lowest BCUT2D eigenvalue weighted by atomic mass is 9.73. The van der Waals surface area contributed by atoms with Crippen molar-refractivity contribution >= 4 is 11.7 Å². The largest absolute Gasteiger partial charge is 0.459 e. The van der Waals surface area contributed by atoms with Gasteiger partial charge in [0.25, 0.3) is 0 Å². The van der Waals surface area contributed by atoms with Crippen LogP contribution in [0.4, 0.5) is 0 Å². The third kappa shape index (κ3) is 12.6. The maximum absolute atomic E-state index is 14.6. The highest BCUT2D eigenvalue weighted by Crippen LogP contribution is 2.43. The van der Waals surface area contributed by atoms with Gasteiger partial charge in [-0.2, -0.15) is 0 Å². The zero-order chi connectivity index (χ0) is 46.5. The number of carbonyl (C=O) groups excluding carboxylic acids is 1. The van der Waals surface area contributed by atoms with E-state index in [1.54, 1.807) is 34.6 Å². The van der Waals surface area contributed by atoms with Gasteiger partial charge in [-0.3, -0.25) is 4.79 Å². The quantitative estimate of drug-likeness (QED) is 0.0383. The predicted octanol–water partition coefficient (Wildman–Crippen LogP) is 6.29. The Balaban J connectivity index is 1.91. The van der Waals surface area contributed by atoms with Gasteiger partial charge in [0.2, 0.25) is 5.79 Å². The van der Waals surface area contributed by atoms with Crippen LogP contribution in [0.5, 0.6) is 0 Å². The molecule has 62 heavy (non-hydrogen) atoms. The SMILES string of the molecule is CC(C)OC1(O/N=C2/[C@H](C)C[C@@](C)(O)[C@H](OC3OC(C)CC(C)C3O)[C@@H](C)[C@H](OC3CC(C)(C)C(O)C(C)O3)[C@@H](C)C(=O)O[C@H](CCN=[N+]=[N-])[C@@](C)(O)[C@H](O)[C@H]2C)CCCCC1. The van der Waals surface area contributed by atoms with E-state index >= 15 is 0 Å². The molecule has 17 nitrogen and oxygen atoms in total. The second kappa shape index (κ2) is 21.4. The molecule has 0 bridgehead atoms. The fourth-order valence-electron chi connectivity index (χ4n) is 10.3. The third-order valence-electron chi connectivity index (χ3n) is 13.9. The molecule has 1 aliphatic carbocycles. The summed E-state index contributed by atoms with van der Waals surface area (Å²) >= 11 is 0. The number of cyclic esters (lactones) is 1. The number of hydrogen-bond acceptors (Lipinski definition) is 15. The number of nitrogens with zero attached hydrogens (tertiary/aromatic N) is 4. The summed E-state index contributed by atoms with van der Waals surface area (Å²) in [5.74, 6) is -5.58. The van der Waals surface area contributed by atoms with Crippen LogP contribution in [0, 0.1) is 35.0 Å². The van der Waals surface area contributed by atoms with Gasteiger partial charge in [0.1, 0.15) is 17.8 Å². The summed E-state index contributed by atoms with van der Waals surface area (Å²) in [7, 11) is 0. The van der Waals surface area contributed by atoms with Crippen LogP contribution in [0.3, 0.4) is 0 Å². The Kier molecular flexibility index (Phi) is 18.1. The molecule has 4 aliphatic rings. The minimum absolute atomic E-state index is 0.0303. The van der Waals surface area contributed by atoms with E-state index in [-0.39, 0.29) is 43.9 Å². The molecule has 0 spiro atoms. The molecule has 5 N–H and O–H groups in total. The maximum Gasteiger partial charge on any atom is 0.311 e. The van der Waals surface area contributed by atoms with E-state index in [1.807, 2.05) is 48.5 Å². The first-order valence-electron chi connectivity index (χ1n) is 23.0. The summed E-state index contributed by atoms with van der Waals surface area (Å²) in [6.07, 6.45) is -5.62. The molecule has 0 aromatic heterocycles. The fraction of sp³-hybridized carbons (Fsp3) is 0.956. The maximum atomic E-state index is 14.6. The zero-order valence-electron chi connectivity index (χ0n) is 39.6. The van der Waals surface area contributed by atoms with Crippen molar-refractivity contribution in [3.05, 3.63) is 10.4 Å². The lowest BCUT2D eigenvalue weighted by molar-refractivity contribution is -0.312. The predicted molar refractivity (Wildman–Crippen MR) is 230 cm³/mol. The van der Waals surface area contributed by atoms with Gasteiger partial charge in [0, 0.05) is 48.5 Å². The molecule has 358 valence electrons. The van der Waals surface area contributed by atoms with E-state index in [0.717, 1.165) is 19.3 Å². The van der Waals surface area contributed by atoms with Crippen molar-refractivity contribution in [3.63, 3.8) is 0 Å². The molecule has 0 amide bonds. The van der Waals surface area contributed by atoms with Gasteiger partial charge >= 0.3 is 5.97 Å². The Morgan fingerprint density at radius 1 is 0.887 bits per heavy atom. The molecule has 7 unspecified atom stereocenters. The second-order valence-electron chi connectivity index (χ2n) is 20.6. The summed E-state index contributed by atoms with van der Waals surface area (Å²) < 4.78 is 38.4. The van der Waals surface area contributed by atoms with E-state index in [4.69, 9.17) is 43.9 Å². The number of ether oxygens (including phenoxy) is 6. The van der Waals surface area contributed by atoms with Gasteiger partial charge in [-0.1, -0.05) is 58.2 Å². The minimum atomic E-state index is -2.12. The monoisotopic (exact) mass is 885 g/mol. The van der Waals surface area contributed by atoms with E-state index in [0.29, 0.717) is 25.0 Å². The molecule has 0 aromatic carbocycles. The Labute approximate surface area is 369 Å². The van der Waals surface area contributed by atoms with Crippen LogP contribution < -0.4 is 0 Å². The Morgan fingerprint density at radius 2 is 1.53 bits per heavy atom. The van der Waals surface area contributed by atoms with E-state index in [1.165, 1.54) is 6.92 Å². The Bertz CT molecular complexity index is 1530. The van der Waals surface area contributed by atoms with Crippen molar-refractivity contribution in [1.29, 1.82) is 0 Å². The van der Waals surface area contributed by atoms with E-state index in [9.17, 15) is 30.3 Å². The summed E-state index contributed by atoms with van der Waals surface area (Å²) in [4.78, 5) is 23.8. The standard InChI is InChI=1S/C45H80N4O13/c1-24(2)61-45(18-15-14-16-19-45)62-48-34-26(4)22-43(12,54)39(60-41-35(50)25(3)21-27(5)56-41)29(7)36(59-33-23-42(10,11)38(52)31(9)57-33)30(8)40(53)58-32(17-20-47-49-46)44(13,55)37(51)28(34)6/h24-33,35-39,41,50-52,54-55H,14-23H2,1-13H3/b48-34-/t25?,26-,27?,28+,29+,30-,31?,32-,33?,35?,36+,37-,38?,39-,41?,43-,44-/m1/s1. The van der Waals surface area contributed by atoms with Gasteiger partial charge in [-0.05, 0) is 97.4 Å². The summed E-state index contributed by atoms with van der Waals surface area (Å²) in [6, 6.07) is 0. The molecule has 0 aromatic rings. The van der Waals surface area contributed by atoms with Crippen molar-refractivity contribution in [2.75, 3.05) is 6.54 Å². The minimum Gasteiger partial charge on any atom is -0.459 e. The van der Waals surface area contributed by atoms with Crippen LogP contribution in [0.15, 0.2) is 10.3 Å². The first-order valence-corrected chi connectivity index (χ1v) is 23.0.